The van der Waals surface area contributed by atoms with Gasteiger partial charge in [0.1, 0.15) is 12.1 Å². The molecule has 0 spiro atoms. The fourth-order valence-electron chi connectivity index (χ4n) is 4.71. The molecule has 0 aromatic rings. The van der Waals surface area contributed by atoms with Gasteiger partial charge in [-0.05, 0) is 51.4 Å². The highest BCUT2D eigenvalue weighted by molar-refractivity contribution is 7.47. The third kappa shape index (κ3) is 34.2. The number of carboxylic acids is 1. The Labute approximate surface area is 297 Å². The Morgan fingerprint density at radius 2 is 1.18 bits per heavy atom. The van der Waals surface area contributed by atoms with E-state index >= 15 is 0 Å². The number of aliphatic carboxylic acids is 1. The van der Waals surface area contributed by atoms with E-state index in [2.05, 4.69) is 67.0 Å². The van der Waals surface area contributed by atoms with E-state index in [1.165, 1.54) is 44.9 Å². The topological polar surface area (TPSA) is 155 Å². The molecule has 3 atom stereocenters. The molecule has 4 N–H and O–H groups in total. The highest BCUT2D eigenvalue weighted by atomic mass is 31.2. The minimum atomic E-state index is -4.61. The first kappa shape index (κ1) is 46.9. The summed E-state index contributed by atoms with van der Waals surface area (Å²) in [6.07, 6.45) is 37.4. The van der Waals surface area contributed by atoms with Crippen molar-refractivity contribution in [3.63, 3.8) is 0 Å². The number of rotatable bonds is 35. The lowest BCUT2D eigenvalue weighted by Gasteiger charge is -2.20. The van der Waals surface area contributed by atoms with Gasteiger partial charge >= 0.3 is 19.8 Å². The second-order valence-electron chi connectivity index (χ2n) is 12.3. The quantitative estimate of drug-likeness (QED) is 0.0250. The van der Waals surface area contributed by atoms with Crippen LogP contribution in [0.4, 0.5) is 0 Å². The number of ether oxygens (including phenoxy) is 2. The maximum absolute atomic E-state index is 12.5. The fourth-order valence-corrected chi connectivity index (χ4v) is 5.49. The zero-order valence-electron chi connectivity index (χ0n) is 30.5. The van der Waals surface area contributed by atoms with Crippen LogP contribution in [0.3, 0.4) is 0 Å². The van der Waals surface area contributed by atoms with Gasteiger partial charge in [0.15, 0.2) is 0 Å². The molecule has 3 unspecified atom stereocenters. The van der Waals surface area contributed by atoms with Gasteiger partial charge < -0.3 is 25.2 Å². The average molecular weight is 714 g/mol. The summed E-state index contributed by atoms with van der Waals surface area (Å²) in [6, 6.07) is -1.48. The van der Waals surface area contributed by atoms with Crippen LogP contribution in [0.2, 0.25) is 0 Å². The Bertz CT molecular complexity index is 967. The molecule has 0 amide bonds. The van der Waals surface area contributed by atoms with Gasteiger partial charge in [0.05, 0.1) is 19.8 Å². The fraction of sp³-hybridized carbons (Fsp3) is 0.737. The van der Waals surface area contributed by atoms with E-state index < -0.39 is 45.1 Å². The summed E-state index contributed by atoms with van der Waals surface area (Å²) in [5.41, 5.74) is 5.33. The maximum Gasteiger partial charge on any atom is 0.472 e. The monoisotopic (exact) mass is 713 g/mol. The molecule has 10 nitrogen and oxygen atoms in total. The van der Waals surface area contributed by atoms with Gasteiger partial charge in [0.2, 0.25) is 0 Å². The van der Waals surface area contributed by atoms with Gasteiger partial charge in [-0.2, -0.15) is 0 Å². The van der Waals surface area contributed by atoms with Crippen LogP contribution in [0.5, 0.6) is 0 Å². The predicted octanol–water partition coefficient (Wildman–Crippen LogP) is 9.53. The van der Waals surface area contributed by atoms with Crippen molar-refractivity contribution in [3.8, 4) is 0 Å². The van der Waals surface area contributed by atoms with Crippen LogP contribution >= 0.6 is 7.82 Å². The molecule has 0 aliphatic heterocycles. The van der Waals surface area contributed by atoms with Crippen LogP contribution in [-0.2, 0) is 32.7 Å². The molecule has 0 saturated carbocycles. The molecular formula is C38H68NO9P. The molecule has 11 heteroatoms. The Morgan fingerprint density at radius 1 is 0.673 bits per heavy atom. The second-order valence-corrected chi connectivity index (χ2v) is 13.8. The summed E-state index contributed by atoms with van der Waals surface area (Å²) in [7, 11) is -4.61. The molecule has 0 aliphatic carbocycles. The van der Waals surface area contributed by atoms with Gasteiger partial charge in [0, 0.05) is 13.0 Å². The number of unbranched alkanes of at least 4 members (excludes halogenated alkanes) is 13. The number of carboxylic acid groups (broad SMARTS) is 1. The maximum atomic E-state index is 12.5. The average Bonchev–Trinajstić information content (AvgIpc) is 3.07. The lowest BCUT2D eigenvalue weighted by atomic mass is 10.1. The molecule has 0 aromatic carbocycles. The number of hydrogen-bond acceptors (Lipinski definition) is 8. The zero-order chi connectivity index (χ0) is 36.3. The second kappa shape index (κ2) is 34.4. The van der Waals surface area contributed by atoms with E-state index in [9.17, 15) is 19.0 Å². The number of phosphoric acid groups is 1. The summed E-state index contributed by atoms with van der Waals surface area (Å²) >= 11 is 0. The molecule has 0 fully saturated rings. The van der Waals surface area contributed by atoms with Gasteiger partial charge in [0.25, 0.3) is 0 Å². The molecule has 0 radical (unpaired) electrons. The van der Waals surface area contributed by atoms with Gasteiger partial charge in [-0.25, -0.2) is 4.57 Å². The van der Waals surface area contributed by atoms with Crippen molar-refractivity contribution < 1.29 is 42.7 Å². The van der Waals surface area contributed by atoms with E-state index in [0.29, 0.717) is 13.0 Å². The highest BCUT2D eigenvalue weighted by Crippen LogP contribution is 2.43. The van der Waals surface area contributed by atoms with Crippen LogP contribution < -0.4 is 5.73 Å². The third-order valence-corrected chi connectivity index (χ3v) is 8.57. The predicted molar refractivity (Wildman–Crippen MR) is 198 cm³/mol. The molecule has 0 saturated heterocycles. The Balaban J connectivity index is 4.36. The first-order valence-electron chi connectivity index (χ1n) is 18.7. The number of phosphoric ester groups is 1. The van der Waals surface area contributed by atoms with Crippen molar-refractivity contribution >= 4 is 19.8 Å². The summed E-state index contributed by atoms with van der Waals surface area (Å²) < 4.78 is 33.1. The summed E-state index contributed by atoms with van der Waals surface area (Å²) in [4.78, 5) is 33.3. The minimum Gasteiger partial charge on any atom is -0.480 e. The Hall–Kier alpha value is -2.07. The first-order chi connectivity index (χ1) is 23.7. The SMILES string of the molecule is CC/C=C\C/C=C\C/C=C\C/C=C\CCCCCCC(=O)OC(COCCCCCCCCCCCC)COP(=O)(O)OCC(N)C(=O)O. The highest BCUT2D eigenvalue weighted by Gasteiger charge is 2.27. The van der Waals surface area contributed by atoms with E-state index in [1.807, 2.05) is 0 Å². The molecule has 284 valence electrons. The van der Waals surface area contributed by atoms with Crippen molar-refractivity contribution in [1.29, 1.82) is 0 Å². The van der Waals surface area contributed by atoms with Crippen LogP contribution in [-0.4, -0.2) is 60.5 Å². The molecule has 0 aliphatic rings. The third-order valence-electron chi connectivity index (χ3n) is 7.62. The number of allylic oxidation sites excluding steroid dienone is 8. The van der Waals surface area contributed by atoms with Crippen LogP contribution in [0.1, 0.15) is 142 Å². The normalized spacial score (nSPS) is 14.7. The van der Waals surface area contributed by atoms with E-state index in [1.54, 1.807) is 0 Å². The standard InChI is InChI=1S/C38H68NO9P/c1-3-5-7-9-11-13-15-16-17-18-19-20-21-22-24-26-28-30-37(40)48-35(33-46-49(43,44)47-34-36(39)38(41)42)32-45-31-29-27-25-23-14-12-10-8-6-4-2/h5,7,11,13,16-17,19-20,35-36H,3-4,6,8-10,12,14-15,18,21-34,39H2,1-2H3,(H,41,42)(H,43,44)/b7-5-,13-11-,17-16-,20-19-. The van der Waals surface area contributed by atoms with Crippen molar-refractivity contribution in [2.45, 2.75) is 154 Å². The minimum absolute atomic E-state index is 0.00662. The Morgan fingerprint density at radius 3 is 1.78 bits per heavy atom. The zero-order valence-corrected chi connectivity index (χ0v) is 31.4. The smallest absolute Gasteiger partial charge is 0.472 e. The van der Waals surface area contributed by atoms with Gasteiger partial charge in [-0.3, -0.25) is 18.6 Å². The number of hydrogen-bond donors (Lipinski definition) is 3. The first-order valence-corrected chi connectivity index (χ1v) is 20.2. The molecular weight excluding hydrogens is 645 g/mol. The van der Waals surface area contributed by atoms with E-state index in [0.717, 1.165) is 70.6 Å². The molecule has 0 bridgehead atoms. The molecule has 0 aromatic heterocycles. The van der Waals surface area contributed by atoms with Crippen molar-refractivity contribution in [3.05, 3.63) is 48.6 Å². The van der Waals surface area contributed by atoms with Gasteiger partial charge in [-0.1, -0.05) is 133 Å². The van der Waals surface area contributed by atoms with Crippen molar-refractivity contribution in [2.24, 2.45) is 5.73 Å². The largest absolute Gasteiger partial charge is 0.480 e. The number of carbonyl (C=O) groups is 2. The van der Waals surface area contributed by atoms with Crippen molar-refractivity contribution in [1.82, 2.24) is 0 Å². The van der Waals surface area contributed by atoms with Crippen LogP contribution in [0.15, 0.2) is 48.6 Å². The van der Waals surface area contributed by atoms with Crippen LogP contribution in [0.25, 0.3) is 0 Å². The molecule has 49 heavy (non-hydrogen) atoms. The molecule has 0 rings (SSSR count). The summed E-state index contributed by atoms with van der Waals surface area (Å²) in [5.74, 6) is -1.81. The van der Waals surface area contributed by atoms with Crippen molar-refractivity contribution in [2.75, 3.05) is 26.4 Å². The lowest BCUT2D eigenvalue weighted by molar-refractivity contribution is -0.154. The number of nitrogens with two attached hydrogens (primary N) is 1. The molecule has 0 heterocycles. The number of esters is 1. The number of carbonyl (C=O) groups excluding carboxylic acids is 1. The van der Waals surface area contributed by atoms with E-state index in [-0.39, 0.29) is 13.0 Å². The van der Waals surface area contributed by atoms with Gasteiger partial charge in [-0.15, -0.1) is 0 Å². The Kier molecular flexibility index (Phi) is 32.9. The van der Waals surface area contributed by atoms with Crippen LogP contribution in [0, 0.1) is 0 Å². The summed E-state index contributed by atoms with van der Waals surface area (Å²) in [5, 5.41) is 8.85. The summed E-state index contributed by atoms with van der Waals surface area (Å²) in [6.45, 7) is 3.70. The van der Waals surface area contributed by atoms with E-state index in [4.69, 9.17) is 24.8 Å². The lowest BCUT2D eigenvalue weighted by Crippen LogP contribution is -2.34.